The zero-order valence-electron chi connectivity index (χ0n) is 27.5. The van der Waals surface area contributed by atoms with E-state index in [1.54, 1.807) is 7.11 Å². The summed E-state index contributed by atoms with van der Waals surface area (Å²) >= 11 is 0. The monoisotopic (exact) mass is 756 g/mol. The molecule has 4 heterocycles. The van der Waals surface area contributed by atoms with Gasteiger partial charge in [0, 0.05) is 64.8 Å². The van der Waals surface area contributed by atoms with Gasteiger partial charge >= 0.3 is 25.0 Å². The predicted octanol–water partition coefficient (Wildman–Crippen LogP) is 4.23. The van der Waals surface area contributed by atoms with Crippen LogP contribution in [0, 0.1) is 11.3 Å². The lowest BCUT2D eigenvalue weighted by atomic mass is 9.72. The number of rotatable bonds is 6. The number of ether oxygens (including phenoxy) is 3. The van der Waals surface area contributed by atoms with Crippen molar-refractivity contribution in [3.8, 4) is 0 Å². The summed E-state index contributed by atoms with van der Waals surface area (Å²) in [7, 11) is 1.71. The molecule has 51 heavy (non-hydrogen) atoms. The van der Waals surface area contributed by atoms with E-state index in [2.05, 4.69) is 10.3 Å². The number of carbonyl (C=O) groups is 3. The van der Waals surface area contributed by atoms with Crippen molar-refractivity contribution >= 4 is 24.2 Å². The molecule has 4 fully saturated rings. The fourth-order valence-electron chi connectivity index (χ4n) is 6.59. The standard InChI is InChI=1S/C26H37F3N4O4.C2HF3O2.CHF3.CH2O2/c1-35-22-17-37-13-5-21(22)31-20-2-6-25(15-20,19-4-12-36-16-19)24(34)33-10-8-32(9-11-33)23-14-18(3-7-30-23)26(27,28)29;3-2(4,5)1(6)7;2-1(3)4;2-1-3/h3,7,14,19-22,31H,2,4-6,8-13,15-17H2,1H3;(H,6,7);1H;1H,(H,2,3)/t19?,20-,21?,22?,25+;;;/m1.../s1. The molecule has 292 valence electrons. The highest BCUT2D eigenvalue weighted by Gasteiger charge is 2.53. The van der Waals surface area contributed by atoms with Crippen molar-refractivity contribution in [3.05, 3.63) is 23.9 Å². The Hall–Kier alpha value is -3.43. The maximum absolute atomic E-state index is 14.1. The van der Waals surface area contributed by atoms with Crippen LogP contribution in [0.25, 0.3) is 0 Å². The van der Waals surface area contributed by atoms with Gasteiger partial charge in [0.25, 0.3) is 6.47 Å². The maximum Gasteiger partial charge on any atom is 0.490 e. The summed E-state index contributed by atoms with van der Waals surface area (Å²) in [6.07, 6.45) is -4.03. The number of hydrogen-bond acceptors (Lipinski definition) is 9. The molecule has 1 aromatic heterocycles. The number of hydrogen-bond donors (Lipinski definition) is 3. The molecule has 1 amide bonds. The van der Waals surface area contributed by atoms with Gasteiger partial charge in [0.1, 0.15) is 5.82 Å². The Kier molecular flexibility index (Phi) is 17.1. The highest BCUT2D eigenvalue weighted by atomic mass is 19.4. The van der Waals surface area contributed by atoms with Gasteiger partial charge in [-0.15, -0.1) is 0 Å². The number of aromatic nitrogens is 1. The fraction of sp³-hybridized carbons (Fsp3) is 0.733. The molecule has 4 aliphatic rings. The van der Waals surface area contributed by atoms with E-state index in [-0.39, 0.29) is 36.5 Å². The molecule has 0 aromatic carbocycles. The largest absolute Gasteiger partial charge is 0.490 e. The van der Waals surface area contributed by atoms with E-state index in [1.165, 1.54) is 6.20 Å². The minimum atomic E-state index is -5.08. The van der Waals surface area contributed by atoms with E-state index in [4.69, 9.17) is 34.0 Å². The van der Waals surface area contributed by atoms with Crippen LogP contribution < -0.4 is 10.2 Å². The molecule has 0 bridgehead atoms. The lowest BCUT2D eigenvalue weighted by Gasteiger charge is -2.42. The number of carbonyl (C=O) groups excluding carboxylic acids is 1. The number of aliphatic carboxylic acids is 1. The molecule has 3 N–H and O–H groups in total. The van der Waals surface area contributed by atoms with Crippen molar-refractivity contribution in [2.24, 2.45) is 11.3 Å². The number of methoxy groups -OCH3 is 1. The van der Waals surface area contributed by atoms with Crippen LogP contribution in [-0.2, 0) is 34.8 Å². The molecular formula is C30H41F9N4O8. The average molecular weight is 757 g/mol. The number of nitrogens with zero attached hydrogens (tertiary/aromatic N) is 3. The van der Waals surface area contributed by atoms with E-state index in [9.17, 15) is 44.3 Å². The molecule has 21 heteroatoms. The third-order valence-electron chi connectivity index (χ3n) is 8.95. The summed E-state index contributed by atoms with van der Waals surface area (Å²) in [5.41, 5.74) is -1.18. The minimum absolute atomic E-state index is 0.00630. The third kappa shape index (κ3) is 13.2. The molecule has 0 spiro atoms. The fourth-order valence-corrected chi connectivity index (χ4v) is 6.59. The van der Waals surface area contributed by atoms with Crippen LogP contribution in [0.5, 0.6) is 0 Å². The number of carboxylic acid groups (broad SMARTS) is 2. The smallest absolute Gasteiger partial charge is 0.483 e. The van der Waals surface area contributed by atoms with Gasteiger partial charge in [-0.05, 0) is 50.2 Å². The van der Waals surface area contributed by atoms with Crippen LogP contribution in [0.3, 0.4) is 0 Å². The van der Waals surface area contributed by atoms with Crippen LogP contribution >= 0.6 is 0 Å². The number of amides is 1. The lowest BCUT2D eigenvalue weighted by molar-refractivity contribution is -0.192. The molecule has 1 aliphatic carbocycles. The van der Waals surface area contributed by atoms with Crippen molar-refractivity contribution in [1.29, 1.82) is 0 Å². The Labute approximate surface area is 287 Å². The van der Waals surface area contributed by atoms with E-state index in [0.29, 0.717) is 58.4 Å². The third-order valence-corrected chi connectivity index (χ3v) is 8.95. The van der Waals surface area contributed by atoms with Crippen LogP contribution in [0.1, 0.15) is 37.7 Å². The summed E-state index contributed by atoms with van der Waals surface area (Å²) < 4.78 is 117. The number of alkyl halides is 9. The molecule has 3 unspecified atom stereocenters. The second kappa shape index (κ2) is 20.0. The zero-order valence-corrected chi connectivity index (χ0v) is 27.5. The van der Waals surface area contributed by atoms with Crippen LogP contribution in [-0.4, -0.2) is 129 Å². The van der Waals surface area contributed by atoms with Crippen molar-refractivity contribution in [2.75, 3.05) is 64.6 Å². The number of piperazine rings is 1. The molecule has 1 aromatic rings. The molecular weight excluding hydrogens is 715 g/mol. The van der Waals surface area contributed by atoms with Gasteiger partial charge in [-0.2, -0.15) is 39.5 Å². The molecule has 12 nitrogen and oxygen atoms in total. The van der Waals surface area contributed by atoms with E-state index >= 15 is 0 Å². The number of nitrogens with one attached hydrogen (secondary N) is 1. The molecule has 1 saturated carbocycles. The Balaban J connectivity index is 0.000000550. The normalized spacial score (nSPS) is 26.6. The van der Waals surface area contributed by atoms with Gasteiger partial charge in [0.15, 0.2) is 0 Å². The summed E-state index contributed by atoms with van der Waals surface area (Å²) in [5.74, 6) is -2.11. The Morgan fingerprint density at radius 1 is 1.04 bits per heavy atom. The molecule has 3 aliphatic heterocycles. The molecule has 3 saturated heterocycles. The van der Waals surface area contributed by atoms with E-state index in [1.807, 2.05) is 9.80 Å². The van der Waals surface area contributed by atoms with Gasteiger partial charge in [0.05, 0.1) is 30.3 Å². The number of anilines is 1. The van der Waals surface area contributed by atoms with Crippen molar-refractivity contribution in [3.63, 3.8) is 0 Å². The van der Waals surface area contributed by atoms with Gasteiger partial charge in [-0.1, -0.05) is 0 Å². The topological polar surface area (TPSA) is 151 Å². The van der Waals surface area contributed by atoms with E-state index < -0.39 is 36.0 Å². The molecule has 0 radical (unpaired) electrons. The average Bonchev–Trinajstić information content (AvgIpc) is 3.76. The highest BCUT2D eigenvalue weighted by Crippen LogP contribution is 2.49. The number of halogens is 9. The van der Waals surface area contributed by atoms with E-state index in [0.717, 1.165) is 44.2 Å². The second-order valence-corrected chi connectivity index (χ2v) is 11.9. The Bertz CT molecular complexity index is 1230. The quantitative estimate of drug-likeness (QED) is 0.283. The highest BCUT2D eigenvalue weighted by molar-refractivity contribution is 5.84. The van der Waals surface area contributed by atoms with Crippen LogP contribution in [0.2, 0.25) is 0 Å². The summed E-state index contributed by atoms with van der Waals surface area (Å²) in [4.78, 5) is 39.3. The summed E-state index contributed by atoms with van der Waals surface area (Å²) in [6, 6.07) is 2.50. The van der Waals surface area contributed by atoms with Gasteiger partial charge in [-0.3, -0.25) is 9.59 Å². The first-order valence-electron chi connectivity index (χ1n) is 15.7. The Morgan fingerprint density at radius 3 is 2.12 bits per heavy atom. The first-order valence-corrected chi connectivity index (χ1v) is 15.7. The molecule has 5 atom stereocenters. The maximum atomic E-state index is 14.1. The van der Waals surface area contributed by atoms with Crippen molar-refractivity contribution in [2.45, 2.75) is 69.3 Å². The summed E-state index contributed by atoms with van der Waals surface area (Å²) in [6.45, 7) is 0.490. The van der Waals surface area contributed by atoms with Crippen LogP contribution in [0.4, 0.5) is 45.3 Å². The first-order chi connectivity index (χ1) is 23.9. The zero-order chi connectivity index (χ0) is 38.4. The van der Waals surface area contributed by atoms with Gasteiger partial charge in [-0.25, -0.2) is 9.78 Å². The lowest BCUT2D eigenvalue weighted by Crippen LogP contribution is -2.55. The SMILES string of the molecule is COC1COCCC1N[C@@H]1CC[C@@](C(=O)N2CCN(c3cc(C(F)(F)F)ccn3)CC2)(C2CCOC2)C1.FC(F)F.O=C(O)C(F)(F)F.O=CO. The number of pyridine rings is 1. The van der Waals surface area contributed by atoms with Crippen LogP contribution in [0.15, 0.2) is 18.3 Å². The Morgan fingerprint density at radius 2 is 1.61 bits per heavy atom. The first kappa shape index (κ1) is 43.7. The predicted molar refractivity (Wildman–Crippen MR) is 160 cm³/mol. The number of carboxylic acids is 1. The van der Waals surface area contributed by atoms with Gasteiger partial charge < -0.3 is 39.5 Å². The summed E-state index contributed by atoms with van der Waals surface area (Å²) in [5, 5.41) is 17.8. The van der Waals surface area contributed by atoms with Crippen molar-refractivity contribution < 1.29 is 78.3 Å². The second-order valence-electron chi connectivity index (χ2n) is 11.9. The van der Waals surface area contributed by atoms with Crippen molar-refractivity contribution in [1.82, 2.24) is 15.2 Å². The minimum Gasteiger partial charge on any atom is -0.483 e. The molecule has 5 rings (SSSR count). The van der Waals surface area contributed by atoms with Gasteiger partial charge in [0.2, 0.25) is 5.91 Å².